The average Bonchev–Trinajstić information content (AvgIpc) is 3.62. The number of hydrogen-bond acceptors (Lipinski definition) is 6. The quantitative estimate of drug-likeness (QED) is 0.622. The number of aromatic nitrogens is 2. The molecule has 1 N–H and O–H groups in total. The number of azo groups is 1. The van der Waals surface area contributed by atoms with Crippen molar-refractivity contribution in [3.8, 4) is 6.07 Å². The molecule has 0 bridgehead atoms. The van der Waals surface area contributed by atoms with Crippen molar-refractivity contribution in [3.63, 3.8) is 0 Å². The average molecular weight is 414 g/mol. The van der Waals surface area contributed by atoms with Crippen molar-refractivity contribution in [2.24, 2.45) is 10.2 Å². The Morgan fingerprint density at radius 2 is 1.68 bits per heavy atom. The molecule has 0 saturated heterocycles. The lowest BCUT2D eigenvalue weighted by atomic mass is 10.3. The van der Waals surface area contributed by atoms with E-state index in [2.05, 4.69) is 15.5 Å². The summed E-state index contributed by atoms with van der Waals surface area (Å²) in [6.45, 7) is -0.477. The van der Waals surface area contributed by atoms with Gasteiger partial charge in [0.1, 0.15) is 18.2 Å². The van der Waals surface area contributed by atoms with Crippen molar-refractivity contribution in [1.82, 2.24) is 9.13 Å². The van der Waals surface area contributed by atoms with Gasteiger partial charge in [-0.2, -0.15) is 15.5 Å². The van der Waals surface area contributed by atoms with Crippen LogP contribution in [0.1, 0.15) is 24.4 Å². The molecule has 9 heteroatoms. The standard InChI is InChI=1S/C22H18N6O3/c23-12-15-13-27(19-10-11-19)22(31)28(21(15)30)14-20(29)24-16-6-8-18(9-7-16)26-25-17-4-2-1-3-5-17/h1-9,13,19H,10-11,14H2,(H,24,29). The lowest BCUT2D eigenvalue weighted by Crippen LogP contribution is -2.43. The Balaban J connectivity index is 1.46. The molecule has 0 atom stereocenters. The fraction of sp³-hybridized carbons (Fsp3) is 0.182. The first-order valence-corrected chi connectivity index (χ1v) is 9.68. The van der Waals surface area contributed by atoms with E-state index in [9.17, 15) is 19.6 Å². The molecule has 4 rings (SSSR count). The van der Waals surface area contributed by atoms with Crippen molar-refractivity contribution in [2.45, 2.75) is 25.4 Å². The Bertz CT molecular complexity index is 1300. The first-order valence-electron chi connectivity index (χ1n) is 9.68. The number of rotatable bonds is 6. The molecular formula is C22H18N6O3. The van der Waals surface area contributed by atoms with Crippen molar-refractivity contribution in [1.29, 1.82) is 5.26 Å². The van der Waals surface area contributed by atoms with E-state index < -0.39 is 23.7 Å². The number of nitriles is 1. The summed E-state index contributed by atoms with van der Waals surface area (Å²) in [5.41, 5.74) is 0.298. The third-order valence-electron chi connectivity index (χ3n) is 4.75. The van der Waals surface area contributed by atoms with Gasteiger partial charge in [0.15, 0.2) is 0 Å². The molecule has 0 aliphatic heterocycles. The van der Waals surface area contributed by atoms with Crippen LogP contribution in [0.15, 0.2) is 80.6 Å². The number of amides is 1. The van der Waals surface area contributed by atoms with Crippen LogP contribution in [0.4, 0.5) is 17.1 Å². The molecule has 0 unspecified atom stereocenters. The minimum absolute atomic E-state index is 0.0212. The molecule has 1 heterocycles. The SMILES string of the molecule is N#Cc1cn(C2CC2)c(=O)n(CC(=O)Nc2ccc(N=Nc3ccccc3)cc2)c1=O. The second kappa shape index (κ2) is 8.59. The summed E-state index contributed by atoms with van der Waals surface area (Å²) in [5, 5.41) is 20.1. The zero-order chi connectivity index (χ0) is 21.8. The summed E-state index contributed by atoms with van der Waals surface area (Å²) in [7, 11) is 0. The van der Waals surface area contributed by atoms with Crippen LogP contribution in [0.5, 0.6) is 0 Å². The van der Waals surface area contributed by atoms with Crippen LogP contribution in [-0.4, -0.2) is 15.0 Å². The van der Waals surface area contributed by atoms with Crippen LogP contribution in [-0.2, 0) is 11.3 Å². The van der Waals surface area contributed by atoms with Gasteiger partial charge in [-0.25, -0.2) is 9.36 Å². The molecule has 154 valence electrons. The predicted molar refractivity (Wildman–Crippen MR) is 114 cm³/mol. The Morgan fingerprint density at radius 3 is 2.29 bits per heavy atom. The largest absolute Gasteiger partial charge is 0.331 e. The molecule has 1 aliphatic carbocycles. The van der Waals surface area contributed by atoms with E-state index in [1.807, 2.05) is 30.3 Å². The zero-order valence-electron chi connectivity index (χ0n) is 16.4. The summed E-state index contributed by atoms with van der Waals surface area (Å²) in [5.74, 6) is -0.546. The van der Waals surface area contributed by atoms with Gasteiger partial charge in [-0.15, -0.1) is 0 Å². The Morgan fingerprint density at radius 1 is 1.03 bits per heavy atom. The number of nitrogens with one attached hydrogen (secondary N) is 1. The van der Waals surface area contributed by atoms with Gasteiger partial charge in [0, 0.05) is 17.9 Å². The maximum atomic E-state index is 12.6. The summed E-state index contributed by atoms with van der Waals surface area (Å²) in [4.78, 5) is 37.4. The summed E-state index contributed by atoms with van der Waals surface area (Å²) >= 11 is 0. The Hall–Kier alpha value is -4.32. The maximum absolute atomic E-state index is 12.6. The monoisotopic (exact) mass is 414 g/mol. The Kier molecular flexibility index (Phi) is 5.53. The molecule has 2 aromatic carbocycles. The molecule has 0 spiro atoms. The number of hydrogen-bond donors (Lipinski definition) is 1. The first kappa shape index (κ1) is 20.0. The van der Waals surface area contributed by atoms with E-state index in [0.29, 0.717) is 11.4 Å². The molecule has 1 fully saturated rings. The van der Waals surface area contributed by atoms with Crippen LogP contribution in [0.2, 0.25) is 0 Å². The van der Waals surface area contributed by atoms with E-state index in [-0.39, 0.29) is 11.6 Å². The van der Waals surface area contributed by atoms with E-state index in [0.717, 1.165) is 23.1 Å². The lowest BCUT2D eigenvalue weighted by molar-refractivity contribution is -0.116. The van der Waals surface area contributed by atoms with Crippen LogP contribution >= 0.6 is 0 Å². The van der Waals surface area contributed by atoms with Crippen molar-refractivity contribution >= 4 is 23.0 Å². The van der Waals surface area contributed by atoms with Crippen LogP contribution in [0.25, 0.3) is 0 Å². The van der Waals surface area contributed by atoms with Gasteiger partial charge in [-0.3, -0.25) is 14.2 Å². The molecule has 0 radical (unpaired) electrons. The first-order chi connectivity index (χ1) is 15.0. The lowest BCUT2D eigenvalue weighted by Gasteiger charge is -2.10. The highest BCUT2D eigenvalue weighted by Gasteiger charge is 2.27. The van der Waals surface area contributed by atoms with E-state index in [1.54, 1.807) is 30.3 Å². The van der Waals surface area contributed by atoms with Gasteiger partial charge in [-0.05, 0) is 49.2 Å². The molecule has 1 aliphatic rings. The van der Waals surface area contributed by atoms with Gasteiger partial charge < -0.3 is 5.32 Å². The number of carbonyl (C=O) groups is 1. The third kappa shape index (κ3) is 4.64. The molecule has 9 nitrogen and oxygen atoms in total. The van der Waals surface area contributed by atoms with Crippen LogP contribution in [0, 0.1) is 11.3 Å². The third-order valence-corrected chi connectivity index (χ3v) is 4.75. The van der Waals surface area contributed by atoms with Crippen LogP contribution < -0.4 is 16.6 Å². The van der Waals surface area contributed by atoms with E-state index in [4.69, 9.17) is 0 Å². The normalized spacial score (nSPS) is 13.1. The topological polar surface area (TPSA) is 122 Å². The maximum Gasteiger partial charge on any atom is 0.331 e. The highest BCUT2D eigenvalue weighted by molar-refractivity contribution is 5.90. The molecule has 1 aromatic heterocycles. The van der Waals surface area contributed by atoms with Gasteiger partial charge in [-0.1, -0.05) is 18.2 Å². The highest BCUT2D eigenvalue weighted by atomic mass is 16.2. The molecule has 1 saturated carbocycles. The van der Waals surface area contributed by atoms with Crippen molar-refractivity contribution in [2.75, 3.05) is 5.32 Å². The van der Waals surface area contributed by atoms with E-state index >= 15 is 0 Å². The smallest absolute Gasteiger partial charge is 0.325 e. The molecule has 1 amide bonds. The molecule has 3 aromatic rings. The summed E-state index contributed by atoms with van der Waals surface area (Å²) < 4.78 is 2.16. The van der Waals surface area contributed by atoms with Gasteiger partial charge >= 0.3 is 5.69 Å². The second-order valence-corrected chi connectivity index (χ2v) is 7.10. The van der Waals surface area contributed by atoms with Gasteiger partial charge in [0.05, 0.1) is 11.4 Å². The van der Waals surface area contributed by atoms with E-state index in [1.165, 1.54) is 10.8 Å². The number of benzene rings is 2. The Labute approximate surface area is 176 Å². The number of carbonyl (C=O) groups excluding carboxylic acids is 1. The fourth-order valence-corrected chi connectivity index (χ4v) is 3.02. The molecule has 31 heavy (non-hydrogen) atoms. The minimum Gasteiger partial charge on any atom is -0.325 e. The predicted octanol–water partition coefficient (Wildman–Crippen LogP) is 3.27. The summed E-state index contributed by atoms with van der Waals surface area (Å²) in [6, 6.07) is 17.7. The van der Waals surface area contributed by atoms with Crippen LogP contribution in [0.3, 0.4) is 0 Å². The highest BCUT2D eigenvalue weighted by Crippen LogP contribution is 2.33. The second-order valence-electron chi connectivity index (χ2n) is 7.10. The van der Waals surface area contributed by atoms with Crippen molar-refractivity contribution in [3.05, 3.63) is 87.2 Å². The number of anilines is 1. The summed E-state index contributed by atoms with van der Waals surface area (Å²) in [6.07, 6.45) is 2.89. The van der Waals surface area contributed by atoms with Crippen molar-refractivity contribution < 1.29 is 4.79 Å². The zero-order valence-corrected chi connectivity index (χ0v) is 16.4. The number of nitrogens with zero attached hydrogens (tertiary/aromatic N) is 5. The fourth-order valence-electron chi connectivity index (χ4n) is 3.02. The van der Waals surface area contributed by atoms with Gasteiger partial charge in [0.2, 0.25) is 5.91 Å². The molecular weight excluding hydrogens is 396 g/mol. The van der Waals surface area contributed by atoms with Gasteiger partial charge in [0.25, 0.3) is 5.56 Å². The minimum atomic E-state index is -0.767.